The number of aromatic nitrogens is 3. The van der Waals surface area contributed by atoms with Gasteiger partial charge in [-0.3, -0.25) is 0 Å². The molecule has 0 unspecified atom stereocenters. The highest BCUT2D eigenvalue weighted by Crippen LogP contribution is 2.41. The molecule has 0 radical (unpaired) electrons. The van der Waals surface area contributed by atoms with E-state index in [0.29, 0.717) is 0 Å². The van der Waals surface area contributed by atoms with E-state index in [-0.39, 0.29) is 0 Å². The third-order valence-corrected chi connectivity index (χ3v) is 6.15. The van der Waals surface area contributed by atoms with Crippen LogP contribution in [0, 0.1) is 13.8 Å². The van der Waals surface area contributed by atoms with Gasteiger partial charge in [-0.05, 0) is 48.7 Å². The van der Waals surface area contributed by atoms with Gasteiger partial charge in [-0.1, -0.05) is 54.6 Å². The van der Waals surface area contributed by atoms with Crippen molar-refractivity contribution >= 4 is 27.5 Å². The van der Waals surface area contributed by atoms with Crippen molar-refractivity contribution in [2.75, 3.05) is 0 Å². The Balaban J connectivity index is 1.71. The maximum atomic E-state index is 5.05. The lowest BCUT2D eigenvalue weighted by atomic mass is 9.96. The van der Waals surface area contributed by atoms with Crippen LogP contribution in [0.25, 0.3) is 38.9 Å². The number of aromatic amines is 1. The van der Waals surface area contributed by atoms with Gasteiger partial charge < -0.3 is 9.55 Å². The second-order valence-corrected chi connectivity index (χ2v) is 7.87. The number of aryl methyl sites for hydroxylation is 2. The summed E-state index contributed by atoms with van der Waals surface area (Å²) < 4.78 is 2.34. The Morgan fingerprint density at radius 1 is 0.897 bits per heavy atom. The molecule has 0 fully saturated rings. The summed E-state index contributed by atoms with van der Waals surface area (Å²) in [5, 5.41) is 1.22. The smallest absolute Gasteiger partial charge is 0.144 e. The van der Waals surface area contributed by atoms with Gasteiger partial charge in [-0.15, -0.1) is 0 Å². The fraction of sp³-hybridized carbons (Fsp3) is 0.115. The van der Waals surface area contributed by atoms with Gasteiger partial charge >= 0.3 is 0 Å². The number of para-hydroxylation sites is 3. The van der Waals surface area contributed by atoms with E-state index in [2.05, 4.69) is 96.2 Å². The third-order valence-electron chi connectivity index (χ3n) is 6.15. The molecule has 3 aromatic carbocycles. The topological polar surface area (TPSA) is 33.6 Å². The van der Waals surface area contributed by atoms with E-state index < -0.39 is 0 Å². The lowest BCUT2D eigenvalue weighted by Gasteiger charge is -2.09. The lowest BCUT2D eigenvalue weighted by molar-refractivity contribution is 0.866. The Labute approximate surface area is 169 Å². The Bertz CT molecular complexity index is 1450. The van der Waals surface area contributed by atoms with E-state index in [1.165, 1.54) is 38.7 Å². The number of benzene rings is 3. The summed E-state index contributed by atoms with van der Waals surface area (Å²) in [6.07, 6.45) is 2.34. The first-order valence-electron chi connectivity index (χ1n) is 10.1. The Hall–Kier alpha value is -3.59. The van der Waals surface area contributed by atoms with Crippen molar-refractivity contribution in [3.05, 3.63) is 95.2 Å². The molecule has 0 saturated carbocycles. The summed E-state index contributed by atoms with van der Waals surface area (Å²) in [4.78, 5) is 8.75. The average molecular weight is 375 g/mol. The van der Waals surface area contributed by atoms with E-state index in [1.807, 2.05) is 0 Å². The fourth-order valence-corrected chi connectivity index (χ4v) is 4.48. The van der Waals surface area contributed by atoms with Gasteiger partial charge in [-0.2, -0.15) is 0 Å². The molecular formula is C26H21N3. The van der Waals surface area contributed by atoms with Gasteiger partial charge in [0.25, 0.3) is 0 Å². The first-order valence-corrected chi connectivity index (χ1v) is 10.1. The molecule has 3 heterocycles. The van der Waals surface area contributed by atoms with Gasteiger partial charge in [-0.25, -0.2) is 4.98 Å². The molecular weight excluding hydrogens is 354 g/mol. The van der Waals surface area contributed by atoms with Crippen LogP contribution < -0.4 is 0 Å². The molecule has 2 aromatic heterocycles. The van der Waals surface area contributed by atoms with Crippen molar-refractivity contribution < 1.29 is 0 Å². The summed E-state index contributed by atoms with van der Waals surface area (Å²) in [6.45, 7) is 5.15. The normalized spacial score (nSPS) is 13.2. The maximum Gasteiger partial charge on any atom is 0.144 e. The van der Waals surface area contributed by atoms with Crippen molar-refractivity contribution in [1.29, 1.82) is 0 Å². The number of hydrogen-bond acceptors (Lipinski definition) is 1. The molecule has 1 aliphatic rings. The van der Waals surface area contributed by atoms with Crippen LogP contribution in [0.3, 0.4) is 0 Å². The van der Waals surface area contributed by atoms with Crippen molar-refractivity contribution in [1.82, 2.24) is 14.5 Å². The molecule has 29 heavy (non-hydrogen) atoms. The average Bonchev–Trinajstić information content (AvgIpc) is 3.25. The van der Waals surface area contributed by atoms with Crippen LogP contribution in [0.4, 0.5) is 0 Å². The Morgan fingerprint density at radius 3 is 2.62 bits per heavy atom. The fourth-order valence-electron chi connectivity index (χ4n) is 4.48. The Morgan fingerprint density at radius 2 is 1.72 bits per heavy atom. The summed E-state index contributed by atoms with van der Waals surface area (Å²) >= 11 is 0. The molecule has 0 bridgehead atoms. The van der Waals surface area contributed by atoms with E-state index in [9.17, 15) is 0 Å². The number of nitrogens with one attached hydrogen (secondary N) is 1. The molecule has 0 atom stereocenters. The van der Waals surface area contributed by atoms with Crippen LogP contribution in [0.15, 0.2) is 72.8 Å². The van der Waals surface area contributed by atoms with E-state index in [1.54, 1.807) is 0 Å². The molecule has 6 rings (SSSR count). The van der Waals surface area contributed by atoms with Crippen LogP contribution in [-0.2, 0) is 6.54 Å². The van der Waals surface area contributed by atoms with E-state index in [4.69, 9.17) is 4.98 Å². The summed E-state index contributed by atoms with van der Waals surface area (Å²) in [6, 6.07) is 23.7. The zero-order valence-corrected chi connectivity index (χ0v) is 16.5. The van der Waals surface area contributed by atoms with Crippen LogP contribution >= 0.6 is 0 Å². The first kappa shape index (κ1) is 16.4. The molecule has 3 nitrogen and oxygen atoms in total. The first-order chi connectivity index (χ1) is 14.2. The number of hydrogen-bond donors (Lipinski definition) is 1. The summed E-state index contributed by atoms with van der Waals surface area (Å²) in [5.41, 5.74) is 10.8. The predicted octanol–water partition coefficient (Wildman–Crippen LogP) is 6.25. The zero-order valence-electron chi connectivity index (χ0n) is 16.5. The van der Waals surface area contributed by atoms with Crippen LogP contribution in [0.5, 0.6) is 0 Å². The molecule has 1 aliphatic heterocycles. The molecule has 0 amide bonds. The molecule has 0 aliphatic carbocycles. The van der Waals surface area contributed by atoms with Gasteiger partial charge in [0.2, 0.25) is 0 Å². The van der Waals surface area contributed by atoms with Crippen molar-refractivity contribution in [2.45, 2.75) is 20.4 Å². The molecule has 140 valence electrons. The van der Waals surface area contributed by atoms with Crippen LogP contribution in [-0.4, -0.2) is 14.5 Å². The molecule has 5 aromatic rings. The highest BCUT2D eigenvalue weighted by atomic mass is 15.1. The van der Waals surface area contributed by atoms with Crippen molar-refractivity contribution in [2.24, 2.45) is 0 Å². The number of H-pyrrole nitrogens is 1. The quantitative estimate of drug-likeness (QED) is 0.369. The number of fused-ring (bicyclic) bond motifs is 7. The summed E-state index contributed by atoms with van der Waals surface area (Å²) in [7, 11) is 0. The van der Waals surface area contributed by atoms with E-state index in [0.717, 1.165) is 29.1 Å². The second-order valence-electron chi connectivity index (χ2n) is 7.87. The van der Waals surface area contributed by atoms with Gasteiger partial charge in [0.05, 0.1) is 22.3 Å². The van der Waals surface area contributed by atoms with Crippen LogP contribution in [0.2, 0.25) is 0 Å². The lowest BCUT2D eigenvalue weighted by Crippen LogP contribution is -1.96. The van der Waals surface area contributed by atoms with Crippen LogP contribution in [0.1, 0.15) is 22.4 Å². The number of imidazole rings is 1. The highest BCUT2D eigenvalue weighted by molar-refractivity contribution is 6.04. The Kier molecular flexibility index (Phi) is 3.36. The minimum atomic E-state index is 0.801. The molecule has 0 saturated heterocycles. The highest BCUT2D eigenvalue weighted by Gasteiger charge is 2.25. The third kappa shape index (κ3) is 2.34. The number of nitrogens with zero attached hydrogens (tertiary/aromatic N) is 2. The van der Waals surface area contributed by atoms with Gasteiger partial charge in [0.1, 0.15) is 5.82 Å². The largest absolute Gasteiger partial charge is 0.354 e. The van der Waals surface area contributed by atoms with Gasteiger partial charge in [0.15, 0.2) is 0 Å². The maximum absolute atomic E-state index is 5.05. The van der Waals surface area contributed by atoms with E-state index >= 15 is 0 Å². The second kappa shape index (κ2) is 5.95. The minimum Gasteiger partial charge on any atom is -0.354 e. The number of rotatable bonds is 1. The summed E-state index contributed by atoms with van der Waals surface area (Å²) in [5.74, 6) is 1.04. The molecule has 0 spiro atoms. The van der Waals surface area contributed by atoms with Gasteiger partial charge in [0, 0.05) is 23.0 Å². The predicted molar refractivity (Wildman–Crippen MR) is 120 cm³/mol. The standard InChI is InChI=1S/C26H21N3/c1-16-11-12-18(15-17(16)2)19-13-14-29-23-10-6-5-9-22(23)28-26(29)24-20-7-3-4-8-21(20)27-25(19)24/h3-13,15,27H,14H2,1-2H3. The van der Waals surface area contributed by atoms with Crippen molar-refractivity contribution in [3.8, 4) is 11.4 Å². The minimum absolute atomic E-state index is 0.801. The number of allylic oxidation sites excluding steroid dienone is 1. The SMILES string of the molecule is Cc1ccc(C2=CCn3c(nc4ccccc43)-c3c2[nH]c2ccccc32)cc1C. The molecule has 1 N–H and O–H groups in total. The van der Waals surface area contributed by atoms with Crippen molar-refractivity contribution in [3.63, 3.8) is 0 Å². The monoisotopic (exact) mass is 375 g/mol. The molecule has 3 heteroatoms. The zero-order chi connectivity index (χ0) is 19.5.